The van der Waals surface area contributed by atoms with Crippen LogP contribution in [0.2, 0.25) is 5.02 Å². The van der Waals surface area contributed by atoms with Crippen LogP contribution < -0.4 is 9.62 Å². The molecule has 2 aromatic rings. The van der Waals surface area contributed by atoms with Crippen molar-refractivity contribution in [1.29, 1.82) is 0 Å². The Kier molecular flexibility index (Phi) is 7.86. The van der Waals surface area contributed by atoms with Crippen LogP contribution in [0.25, 0.3) is 0 Å². The predicted molar refractivity (Wildman–Crippen MR) is 119 cm³/mol. The molecule has 0 aliphatic heterocycles. The van der Waals surface area contributed by atoms with E-state index >= 15 is 0 Å². The van der Waals surface area contributed by atoms with Crippen molar-refractivity contribution in [2.75, 3.05) is 24.2 Å². The number of benzene rings is 2. The highest BCUT2D eigenvalue weighted by Gasteiger charge is 2.30. The second-order valence-electron chi connectivity index (χ2n) is 7.02. The fraction of sp³-hybridized carbons (Fsp3) is 0.333. The maximum atomic E-state index is 13.2. The fourth-order valence-electron chi connectivity index (χ4n) is 3.05. The summed E-state index contributed by atoms with van der Waals surface area (Å²) in [6.45, 7) is 3.22. The molecule has 9 heteroatoms. The molecule has 30 heavy (non-hydrogen) atoms. The van der Waals surface area contributed by atoms with E-state index in [-0.39, 0.29) is 23.2 Å². The summed E-state index contributed by atoms with van der Waals surface area (Å²) < 4.78 is 25.8. The minimum absolute atomic E-state index is 0.162. The molecule has 0 aliphatic rings. The summed E-state index contributed by atoms with van der Waals surface area (Å²) in [5.41, 5.74) is 2.06. The van der Waals surface area contributed by atoms with Gasteiger partial charge < -0.3 is 10.2 Å². The monoisotopic (exact) mass is 451 g/mol. The summed E-state index contributed by atoms with van der Waals surface area (Å²) in [5.74, 6) is -0.863. The third-order valence-electron chi connectivity index (χ3n) is 4.65. The Hall–Kier alpha value is -2.58. The number of halogens is 1. The Morgan fingerprint density at radius 3 is 2.37 bits per heavy atom. The lowest BCUT2D eigenvalue weighted by molar-refractivity contribution is -0.139. The Labute approximate surface area is 182 Å². The Morgan fingerprint density at radius 1 is 1.13 bits per heavy atom. The Bertz CT molecular complexity index is 1030. The molecule has 2 amide bonds. The number of likely N-dealkylation sites (N-methyl/N-ethyl adjacent to an activating group) is 1. The molecule has 0 saturated heterocycles. The third kappa shape index (κ3) is 5.96. The first kappa shape index (κ1) is 23.7. The highest BCUT2D eigenvalue weighted by atomic mass is 35.5. The first-order valence-corrected chi connectivity index (χ1v) is 11.6. The maximum Gasteiger partial charge on any atom is 0.244 e. The number of carbonyl (C=O) groups is 2. The minimum atomic E-state index is -3.80. The standard InChI is InChI=1S/C21H26ClN3O4S/c1-15-8-7-9-17(12-15)13-24(16(2)21(27)23-3)20(26)14-25(30(4,28)29)19-11-6-5-10-18(19)22/h5-12,16H,13-14H2,1-4H3,(H,23,27)/t16-/m1/s1. The largest absolute Gasteiger partial charge is 0.357 e. The van der Waals surface area contributed by atoms with Gasteiger partial charge in [-0.15, -0.1) is 0 Å². The summed E-state index contributed by atoms with van der Waals surface area (Å²) in [7, 11) is -2.31. The van der Waals surface area contributed by atoms with Gasteiger partial charge in [0.2, 0.25) is 21.8 Å². The van der Waals surface area contributed by atoms with Gasteiger partial charge in [0.15, 0.2) is 0 Å². The number of sulfonamides is 1. The molecule has 0 heterocycles. The zero-order valence-electron chi connectivity index (χ0n) is 17.4. The van der Waals surface area contributed by atoms with Gasteiger partial charge in [0.1, 0.15) is 12.6 Å². The van der Waals surface area contributed by atoms with E-state index < -0.39 is 28.5 Å². The number of hydrogen-bond donors (Lipinski definition) is 1. The summed E-state index contributed by atoms with van der Waals surface area (Å²) in [6, 6.07) is 13.2. The molecular weight excluding hydrogens is 426 g/mol. The number of aryl methyl sites for hydroxylation is 1. The lowest BCUT2D eigenvalue weighted by Crippen LogP contribution is -2.50. The smallest absolute Gasteiger partial charge is 0.244 e. The molecule has 7 nitrogen and oxygen atoms in total. The van der Waals surface area contributed by atoms with E-state index in [4.69, 9.17) is 11.6 Å². The summed E-state index contributed by atoms with van der Waals surface area (Å²) in [4.78, 5) is 26.9. The van der Waals surface area contributed by atoms with Gasteiger partial charge >= 0.3 is 0 Å². The molecule has 0 saturated carbocycles. The second kappa shape index (κ2) is 9.95. The summed E-state index contributed by atoms with van der Waals surface area (Å²) in [6.07, 6.45) is 1.01. The molecule has 0 bridgehead atoms. The van der Waals surface area contributed by atoms with Crippen molar-refractivity contribution < 1.29 is 18.0 Å². The molecular formula is C21H26ClN3O4S. The molecule has 162 valence electrons. The van der Waals surface area contributed by atoms with E-state index in [9.17, 15) is 18.0 Å². The van der Waals surface area contributed by atoms with Gasteiger partial charge in [-0.1, -0.05) is 53.6 Å². The number of nitrogens with one attached hydrogen (secondary N) is 1. The van der Waals surface area contributed by atoms with Gasteiger partial charge in [-0.05, 0) is 31.5 Å². The van der Waals surface area contributed by atoms with Crippen molar-refractivity contribution in [3.05, 3.63) is 64.7 Å². The van der Waals surface area contributed by atoms with Gasteiger partial charge in [0.25, 0.3) is 0 Å². The van der Waals surface area contributed by atoms with Crippen molar-refractivity contribution in [2.45, 2.75) is 26.4 Å². The van der Waals surface area contributed by atoms with Gasteiger partial charge in [-0.3, -0.25) is 13.9 Å². The molecule has 2 rings (SSSR count). The van der Waals surface area contributed by atoms with Crippen LogP contribution in [-0.4, -0.2) is 51.0 Å². The number of rotatable bonds is 8. The van der Waals surface area contributed by atoms with Crippen molar-refractivity contribution >= 4 is 39.1 Å². The highest BCUT2D eigenvalue weighted by Crippen LogP contribution is 2.27. The molecule has 0 spiro atoms. The molecule has 0 unspecified atom stereocenters. The molecule has 0 radical (unpaired) electrons. The second-order valence-corrected chi connectivity index (χ2v) is 9.34. The van der Waals surface area contributed by atoms with Crippen LogP contribution >= 0.6 is 11.6 Å². The molecule has 2 aromatic carbocycles. The van der Waals surface area contributed by atoms with Crippen molar-refractivity contribution in [1.82, 2.24) is 10.2 Å². The van der Waals surface area contributed by atoms with Crippen LogP contribution in [0, 0.1) is 6.92 Å². The quantitative estimate of drug-likeness (QED) is 0.668. The Morgan fingerprint density at radius 2 is 1.80 bits per heavy atom. The minimum Gasteiger partial charge on any atom is -0.357 e. The van der Waals surface area contributed by atoms with E-state index in [1.807, 2.05) is 31.2 Å². The van der Waals surface area contributed by atoms with E-state index in [2.05, 4.69) is 5.32 Å². The highest BCUT2D eigenvalue weighted by molar-refractivity contribution is 7.92. The normalized spacial score (nSPS) is 12.2. The number of hydrogen-bond acceptors (Lipinski definition) is 4. The average Bonchev–Trinajstić information content (AvgIpc) is 2.69. The third-order valence-corrected chi connectivity index (χ3v) is 6.10. The number of carbonyl (C=O) groups excluding carboxylic acids is 2. The van der Waals surface area contributed by atoms with Gasteiger partial charge in [0.05, 0.1) is 17.0 Å². The topological polar surface area (TPSA) is 86.8 Å². The van der Waals surface area contributed by atoms with Crippen LogP contribution in [0.3, 0.4) is 0 Å². The van der Waals surface area contributed by atoms with E-state index in [0.717, 1.165) is 21.7 Å². The van der Waals surface area contributed by atoms with Crippen molar-refractivity contribution in [2.24, 2.45) is 0 Å². The number of amides is 2. The molecule has 0 aliphatic carbocycles. The van der Waals surface area contributed by atoms with Crippen LogP contribution in [0.1, 0.15) is 18.1 Å². The van der Waals surface area contributed by atoms with Crippen molar-refractivity contribution in [3.8, 4) is 0 Å². The maximum absolute atomic E-state index is 13.2. The van der Waals surface area contributed by atoms with Crippen LogP contribution in [-0.2, 0) is 26.2 Å². The molecule has 1 N–H and O–H groups in total. The van der Waals surface area contributed by atoms with E-state index in [0.29, 0.717) is 0 Å². The summed E-state index contributed by atoms with van der Waals surface area (Å²) >= 11 is 6.18. The lowest BCUT2D eigenvalue weighted by atomic mass is 10.1. The van der Waals surface area contributed by atoms with Crippen LogP contribution in [0.4, 0.5) is 5.69 Å². The van der Waals surface area contributed by atoms with E-state index in [1.54, 1.807) is 25.1 Å². The number of para-hydroxylation sites is 1. The zero-order valence-corrected chi connectivity index (χ0v) is 19.0. The first-order chi connectivity index (χ1) is 14.0. The molecule has 0 fully saturated rings. The number of anilines is 1. The molecule has 0 aromatic heterocycles. The van der Waals surface area contributed by atoms with Gasteiger partial charge in [-0.25, -0.2) is 8.42 Å². The number of nitrogens with zero attached hydrogens (tertiary/aromatic N) is 2. The SMILES string of the molecule is CNC(=O)[C@@H](C)N(Cc1cccc(C)c1)C(=O)CN(c1ccccc1Cl)S(C)(=O)=O. The van der Waals surface area contributed by atoms with Crippen LogP contribution in [0.15, 0.2) is 48.5 Å². The predicted octanol–water partition coefficient (Wildman–Crippen LogP) is 2.58. The lowest BCUT2D eigenvalue weighted by Gasteiger charge is -2.31. The molecule has 1 atom stereocenters. The van der Waals surface area contributed by atoms with E-state index in [1.165, 1.54) is 18.0 Å². The summed E-state index contributed by atoms with van der Waals surface area (Å²) in [5, 5.41) is 2.74. The van der Waals surface area contributed by atoms with Gasteiger partial charge in [0, 0.05) is 13.6 Å². The zero-order chi connectivity index (χ0) is 22.5. The van der Waals surface area contributed by atoms with Crippen LogP contribution in [0.5, 0.6) is 0 Å². The van der Waals surface area contributed by atoms with Crippen molar-refractivity contribution in [3.63, 3.8) is 0 Å². The average molecular weight is 452 g/mol. The fourth-order valence-corrected chi connectivity index (χ4v) is 4.20. The Balaban J connectivity index is 2.40. The van der Waals surface area contributed by atoms with Gasteiger partial charge in [-0.2, -0.15) is 0 Å². The first-order valence-electron chi connectivity index (χ1n) is 9.33.